The Hall–Kier alpha value is -4.45. The predicted octanol–water partition coefficient (Wildman–Crippen LogP) is 6.14. The van der Waals surface area contributed by atoms with Crippen LogP contribution in [0.3, 0.4) is 0 Å². The molecule has 1 amide bonds. The first-order valence-electron chi connectivity index (χ1n) is 14.1. The van der Waals surface area contributed by atoms with E-state index < -0.39 is 15.0 Å². The van der Waals surface area contributed by atoms with Gasteiger partial charge in [0.25, 0.3) is 5.69 Å². The second kappa shape index (κ2) is 13.5. The van der Waals surface area contributed by atoms with Gasteiger partial charge in [-0.3, -0.25) is 14.9 Å². The van der Waals surface area contributed by atoms with Crippen LogP contribution in [-0.2, 0) is 32.2 Å². The van der Waals surface area contributed by atoms with Crippen LogP contribution in [0.25, 0.3) is 0 Å². The Bertz CT molecular complexity index is 1630. The molecule has 12 heteroatoms. The van der Waals surface area contributed by atoms with Crippen LogP contribution in [0.1, 0.15) is 77.1 Å². The van der Waals surface area contributed by atoms with Crippen LogP contribution >= 0.6 is 0 Å². The van der Waals surface area contributed by atoms with E-state index in [-0.39, 0.29) is 57.6 Å². The summed E-state index contributed by atoms with van der Waals surface area (Å²) in [6.45, 7) is 14.1. The van der Waals surface area contributed by atoms with Crippen LogP contribution in [0.5, 0.6) is 17.2 Å². The van der Waals surface area contributed by atoms with Gasteiger partial charge in [-0.25, -0.2) is 5.43 Å². The number of hydrogen-bond acceptors (Lipinski definition) is 9. The molecule has 0 aliphatic carbocycles. The minimum Gasteiger partial charge on any atom is -0.507 e. The van der Waals surface area contributed by atoms with Crippen molar-refractivity contribution in [2.45, 2.75) is 77.0 Å². The number of nitrogens with zero attached hydrogens (tertiary/aromatic N) is 2. The normalized spacial score (nSPS) is 12.2. The van der Waals surface area contributed by atoms with Crippen LogP contribution < -0.4 is 14.3 Å². The molecule has 0 unspecified atom stereocenters. The number of ether oxygens (including phenoxy) is 1. The van der Waals surface area contributed by atoms with E-state index in [2.05, 4.69) is 10.5 Å². The Morgan fingerprint density at radius 3 is 2.20 bits per heavy atom. The second-order valence-corrected chi connectivity index (χ2v) is 13.8. The molecular weight excluding hydrogens is 586 g/mol. The highest BCUT2D eigenvalue weighted by molar-refractivity contribution is 7.87. The number of amides is 1. The highest BCUT2D eigenvalue weighted by Gasteiger charge is 2.27. The summed E-state index contributed by atoms with van der Waals surface area (Å²) in [7, 11) is -4.39. The third kappa shape index (κ3) is 8.79. The molecule has 3 rings (SSSR count). The van der Waals surface area contributed by atoms with Crippen molar-refractivity contribution in [3.8, 4) is 17.2 Å². The summed E-state index contributed by atoms with van der Waals surface area (Å²) in [6.07, 6.45) is 2.00. The van der Waals surface area contributed by atoms with Crippen molar-refractivity contribution in [2.24, 2.45) is 5.10 Å². The largest absolute Gasteiger partial charge is 0.507 e. The lowest BCUT2D eigenvalue weighted by atomic mass is 9.78. The van der Waals surface area contributed by atoms with E-state index in [0.717, 1.165) is 22.8 Å². The molecule has 0 fully saturated rings. The van der Waals surface area contributed by atoms with Crippen molar-refractivity contribution in [3.05, 3.63) is 87.0 Å². The molecule has 0 heterocycles. The van der Waals surface area contributed by atoms with Crippen LogP contribution in [0.2, 0.25) is 0 Å². The molecule has 0 saturated carbocycles. The Morgan fingerprint density at radius 2 is 1.64 bits per heavy atom. The number of hydrazone groups is 1. The van der Waals surface area contributed by atoms with Gasteiger partial charge in [-0.1, -0.05) is 59.7 Å². The number of phenols is 1. The quantitative estimate of drug-likeness (QED) is 0.111. The van der Waals surface area contributed by atoms with Gasteiger partial charge in [0.15, 0.2) is 11.5 Å². The maximum absolute atomic E-state index is 12.8. The first kappa shape index (κ1) is 34.0. The number of aryl methyl sites for hydroxylation is 1. The molecule has 2 N–H and O–H groups in total. The van der Waals surface area contributed by atoms with Crippen LogP contribution in [0, 0.1) is 10.1 Å². The second-order valence-electron chi connectivity index (χ2n) is 12.3. The average Bonchev–Trinajstić information content (AvgIpc) is 2.92. The number of non-ortho nitro benzene ring substituents is 1. The molecule has 0 atom stereocenters. The third-order valence-electron chi connectivity index (χ3n) is 6.61. The van der Waals surface area contributed by atoms with Gasteiger partial charge in [-0.15, -0.1) is 0 Å². The minimum atomic E-state index is -4.39. The van der Waals surface area contributed by atoms with E-state index in [1.165, 1.54) is 42.6 Å². The third-order valence-corrected chi connectivity index (χ3v) is 7.84. The van der Waals surface area contributed by atoms with E-state index in [0.29, 0.717) is 12.0 Å². The topological polar surface area (TPSA) is 157 Å². The Morgan fingerprint density at radius 1 is 1.00 bits per heavy atom. The number of rotatable bonds is 11. The number of nitro benzene ring substituents is 1. The van der Waals surface area contributed by atoms with Gasteiger partial charge < -0.3 is 14.0 Å². The van der Waals surface area contributed by atoms with Gasteiger partial charge in [-0.2, -0.15) is 13.5 Å². The molecular formula is C32H39N3O8S. The summed E-state index contributed by atoms with van der Waals surface area (Å²) in [4.78, 5) is 22.6. The fourth-order valence-corrected chi connectivity index (χ4v) is 5.32. The zero-order valence-electron chi connectivity index (χ0n) is 26.0. The number of nitro groups is 1. The minimum absolute atomic E-state index is 0.105. The lowest BCUT2D eigenvalue weighted by molar-refractivity contribution is -0.385. The molecule has 0 aliphatic heterocycles. The highest BCUT2D eigenvalue weighted by atomic mass is 32.2. The molecule has 44 heavy (non-hydrogen) atoms. The van der Waals surface area contributed by atoms with Crippen molar-refractivity contribution >= 4 is 27.9 Å². The fraction of sp³-hybridized carbons (Fsp3) is 0.375. The average molecular weight is 626 g/mol. The Balaban J connectivity index is 1.71. The molecule has 3 aromatic carbocycles. The van der Waals surface area contributed by atoms with Crippen molar-refractivity contribution in [2.75, 3.05) is 6.61 Å². The number of phenolic OH excluding ortho intramolecular Hbond substituents is 1. The first-order valence-corrected chi connectivity index (χ1v) is 15.5. The van der Waals surface area contributed by atoms with E-state index in [1.54, 1.807) is 6.92 Å². The molecule has 0 aromatic heterocycles. The summed E-state index contributed by atoms with van der Waals surface area (Å²) < 4.78 is 36.4. The van der Waals surface area contributed by atoms with Gasteiger partial charge in [0.2, 0.25) is 5.91 Å². The zero-order chi connectivity index (χ0) is 32.9. The summed E-state index contributed by atoms with van der Waals surface area (Å²) in [6, 6.07) is 12.8. The van der Waals surface area contributed by atoms with Crippen LogP contribution in [-0.4, -0.2) is 37.2 Å². The highest BCUT2D eigenvalue weighted by Crippen LogP contribution is 2.40. The van der Waals surface area contributed by atoms with Gasteiger partial charge in [-0.05, 0) is 70.7 Å². The van der Waals surface area contributed by atoms with E-state index in [1.807, 2.05) is 53.7 Å². The monoisotopic (exact) mass is 625 g/mol. The summed E-state index contributed by atoms with van der Waals surface area (Å²) in [5, 5.41) is 26.0. The standard InChI is InChI=1S/C32H39N3O8S/c1-8-42-28-18-22(12-14-27(28)43-44(40,41)24-11-9-10-23(19-24)35(38)39)20-33-34-29(36)15-13-21-16-25(31(2,3)4)30(37)26(17-21)32(5,6)7/h9-12,14,16-20,37H,8,13,15H2,1-7H3,(H,34,36)/b33-20-. The Kier molecular flexibility index (Phi) is 10.4. The van der Waals surface area contributed by atoms with Gasteiger partial charge >= 0.3 is 10.1 Å². The number of hydrogen-bond donors (Lipinski definition) is 2. The van der Waals surface area contributed by atoms with Crippen molar-refractivity contribution < 1.29 is 32.2 Å². The van der Waals surface area contributed by atoms with Gasteiger partial charge in [0, 0.05) is 18.6 Å². The van der Waals surface area contributed by atoms with Crippen LogP contribution in [0.4, 0.5) is 5.69 Å². The Labute approximate surface area is 258 Å². The molecule has 0 saturated heterocycles. The molecule has 0 bridgehead atoms. The van der Waals surface area contributed by atoms with E-state index in [9.17, 15) is 28.4 Å². The molecule has 236 valence electrons. The number of carbonyl (C=O) groups is 1. The molecule has 0 aliphatic rings. The molecule has 0 radical (unpaired) electrons. The maximum atomic E-state index is 12.8. The lowest BCUT2D eigenvalue weighted by Crippen LogP contribution is -2.20. The van der Waals surface area contributed by atoms with Crippen LogP contribution in [0.15, 0.2) is 64.6 Å². The summed E-state index contributed by atoms with van der Waals surface area (Å²) in [5.41, 5.74) is 4.65. The maximum Gasteiger partial charge on any atom is 0.339 e. The number of carbonyl (C=O) groups excluding carboxylic acids is 1. The smallest absolute Gasteiger partial charge is 0.339 e. The number of aromatic hydroxyl groups is 1. The van der Waals surface area contributed by atoms with Gasteiger partial charge in [0.1, 0.15) is 10.6 Å². The number of nitrogens with one attached hydrogen (secondary N) is 1. The van der Waals surface area contributed by atoms with E-state index >= 15 is 0 Å². The lowest BCUT2D eigenvalue weighted by Gasteiger charge is -2.28. The molecule has 11 nitrogen and oxygen atoms in total. The zero-order valence-corrected chi connectivity index (χ0v) is 26.8. The van der Waals surface area contributed by atoms with Crippen molar-refractivity contribution in [3.63, 3.8) is 0 Å². The molecule has 3 aromatic rings. The van der Waals surface area contributed by atoms with E-state index in [4.69, 9.17) is 8.92 Å². The molecule has 0 spiro atoms. The summed E-state index contributed by atoms with van der Waals surface area (Å²) >= 11 is 0. The number of benzene rings is 3. The van der Waals surface area contributed by atoms with Crippen molar-refractivity contribution in [1.82, 2.24) is 5.43 Å². The van der Waals surface area contributed by atoms with Crippen molar-refractivity contribution in [1.29, 1.82) is 0 Å². The SMILES string of the molecule is CCOc1cc(/C=N\NC(=O)CCc2cc(C(C)(C)C)c(O)c(C(C)(C)C)c2)ccc1OS(=O)(=O)c1cccc([N+](=O)[O-])c1. The fourth-order valence-electron chi connectivity index (χ4n) is 4.34. The van der Waals surface area contributed by atoms with Gasteiger partial charge in [0.05, 0.1) is 17.7 Å². The predicted molar refractivity (Wildman–Crippen MR) is 168 cm³/mol. The first-order chi connectivity index (χ1) is 20.4. The summed E-state index contributed by atoms with van der Waals surface area (Å²) in [5.74, 6) is -0.0321.